The van der Waals surface area contributed by atoms with E-state index in [1.54, 1.807) is 10.8 Å². The Morgan fingerprint density at radius 1 is 1.00 bits per heavy atom. The third-order valence-electron chi connectivity index (χ3n) is 2.69. The largest absolute Gasteiger partial charge is 0.387 e. The van der Waals surface area contributed by atoms with Gasteiger partial charge in [-0.3, -0.25) is 4.72 Å². The highest BCUT2D eigenvalue weighted by molar-refractivity contribution is 7.92. The monoisotopic (exact) mass is 316 g/mol. The topological polar surface area (TPSA) is 58.2 Å². The van der Waals surface area contributed by atoms with Gasteiger partial charge >= 0.3 is 0 Å². The molecule has 2 aromatic rings. The van der Waals surface area contributed by atoms with Crippen molar-refractivity contribution in [3.8, 4) is 0 Å². The van der Waals surface area contributed by atoms with Gasteiger partial charge in [0, 0.05) is 19.2 Å². The Bertz CT molecular complexity index is 756. The molecule has 0 fully saturated rings. The maximum Gasteiger partial charge on any atom is 0.264 e. The number of rotatable bonds is 4. The van der Waals surface area contributed by atoms with Gasteiger partial charge in [-0.15, -0.1) is 0 Å². The molecule has 2 aromatic carbocycles. The van der Waals surface area contributed by atoms with E-state index in [1.807, 2.05) is 0 Å². The van der Waals surface area contributed by atoms with E-state index in [-0.39, 0.29) is 10.6 Å². The fraction of sp³-hybridized carbons (Fsp3) is 0.0769. The van der Waals surface area contributed by atoms with Gasteiger partial charge in [0.1, 0.15) is 16.4 Å². The molecule has 2 N–H and O–H groups in total. The van der Waals surface area contributed by atoms with Crippen LogP contribution in [0, 0.1) is 17.5 Å². The van der Waals surface area contributed by atoms with Crippen LogP contribution in [-0.2, 0) is 10.0 Å². The molecule has 0 saturated heterocycles. The summed E-state index contributed by atoms with van der Waals surface area (Å²) in [6.07, 6.45) is 0. The van der Waals surface area contributed by atoms with Crippen molar-refractivity contribution in [1.29, 1.82) is 0 Å². The van der Waals surface area contributed by atoms with Crippen LogP contribution in [0.2, 0.25) is 0 Å². The number of nitrogens with one attached hydrogen (secondary N) is 2. The van der Waals surface area contributed by atoms with E-state index in [0.29, 0.717) is 12.1 Å². The molecule has 0 saturated carbocycles. The molecule has 0 spiro atoms. The lowest BCUT2D eigenvalue weighted by Crippen LogP contribution is -2.16. The molecular formula is C13H11F3N2O2S. The van der Waals surface area contributed by atoms with E-state index < -0.39 is 33.2 Å². The van der Waals surface area contributed by atoms with Gasteiger partial charge < -0.3 is 5.32 Å². The zero-order chi connectivity index (χ0) is 15.6. The summed E-state index contributed by atoms with van der Waals surface area (Å²) in [4.78, 5) is -0.185. The highest BCUT2D eigenvalue weighted by Crippen LogP contribution is 2.26. The van der Waals surface area contributed by atoms with Gasteiger partial charge in [0.05, 0.1) is 5.69 Å². The van der Waals surface area contributed by atoms with Crippen molar-refractivity contribution in [3.63, 3.8) is 0 Å². The maximum absolute atomic E-state index is 13.5. The zero-order valence-corrected chi connectivity index (χ0v) is 11.6. The van der Waals surface area contributed by atoms with Gasteiger partial charge in [-0.25, -0.2) is 21.6 Å². The quantitative estimate of drug-likeness (QED) is 0.912. The molecule has 112 valence electrons. The second kappa shape index (κ2) is 5.65. The summed E-state index contributed by atoms with van der Waals surface area (Å²) in [6.45, 7) is 0. The Kier molecular flexibility index (Phi) is 4.08. The standard InChI is InChI=1S/C13H11F3N2O2S/c1-17-11-4-2-3-5-12(11)21(19,20)18-13-9(15)6-8(14)7-10(13)16/h2-7,17-18H,1H3. The van der Waals surface area contributed by atoms with E-state index in [9.17, 15) is 21.6 Å². The molecular weight excluding hydrogens is 305 g/mol. The number of anilines is 2. The molecule has 0 bridgehead atoms. The Balaban J connectivity index is 2.48. The third-order valence-corrected chi connectivity index (χ3v) is 4.10. The molecule has 2 rings (SSSR count). The Labute approximate surface area is 119 Å². The summed E-state index contributed by atoms with van der Waals surface area (Å²) in [7, 11) is -2.72. The van der Waals surface area contributed by atoms with E-state index >= 15 is 0 Å². The highest BCUT2D eigenvalue weighted by atomic mass is 32.2. The first-order valence-corrected chi connectivity index (χ1v) is 7.27. The first-order valence-electron chi connectivity index (χ1n) is 5.79. The van der Waals surface area contributed by atoms with E-state index in [4.69, 9.17) is 0 Å². The molecule has 0 unspecified atom stereocenters. The van der Waals surface area contributed by atoms with Crippen LogP contribution in [0.15, 0.2) is 41.3 Å². The summed E-state index contributed by atoms with van der Waals surface area (Å²) in [6, 6.07) is 6.62. The minimum Gasteiger partial charge on any atom is -0.387 e. The van der Waals surface area contributed by atoms with Crippen LogP contribution in [-0.4, -0.2) is 15.5 Å². The maximum atomic E-state index is 13.5. The minimum atomic E-state index is -4.23. The summed E-state index contributed by atoms with van der Waals surface area (Å²) >= 11 is 0. The second-order valence-electron chi connectivity index (χ2n) is 4.10. The number of sulfonamides is 1. The number of hydrogen-bond donors (Lipinski definition) is 2. The molecule has 21 heavy (non-hydrogen) atoms. The Morgan fingerprint density at radius 2 is 1.57 bits per heavy atom. The summed E-state index contributed by atoms with van der Waals surface area (Å²) in [5, 5.41) is 2.66. The lowest BCUT2D eigenvalue weighted by atomic mass is 10.3. The highest BCUT2D eigenvalue weighted by Gasteiger charge is 2.22. The third kappa shape index (κ3) is 3.10. The van der Waals surface area contributed by atoms with Crippen molar-refractivity contribution < 1.29 is 21.6 Å². The van der Waals surface area contributed by atoms with Crippen LogP contribution in [0.1, 0.15) is 0 Å². The number of benzene rings is 2. The Hall–Kier alpha value is -2.22. The fourth-order valence-corrected chi connectivity index (χ4v) is 3.03. The van der Waals surface area contributed by atoms with Crippen molar-refractivity contribution in [2.75, 3.05) is 17.1 Å². The van der Waals surface area contributed by atoms with E-state index in [2.05, 4.69) is 5.32 Å². The minimum absolute atomic E-state index is 0.185. The lowest BCUT2D eigenvalue weighted by molar-refractivity contribution is 0.547. The molecule has 4 nitrogen and oxygen atoms in total. The van der Waals surface area contributed by atoms with Crippen LogP contribution in [0.5, 0.6) is 0 Å². The van der Waals surface area contributed by atoms with Crippen molar-refractivity contribution in [1.82, 2.24) is 0 Å². The molecule has 0 atom stereocenters. The SMILES string of the molecule is CNc1ccccc1S(=O)(=O)Nc1c(F)cc(F)cc1F. The molecule has 0 amide bonds. The van der Waals surface area contributed by atoms with E-state index in [0.717, 1.165) is 0 Å². The van der Waals surface area contributed by atoms with Gasteiger partial charge in [0.2, 0.25) is 0 Å². The van der Waals surface area contributed by atoms with Crippen LogP contribution >= 0.6 is 0 Å². The van der Waals surface area contributed by atoms with Crippen molar-refractivity contribution >= 4 is 21.4 Å². The first kappa shape index (κ1) is 15.2. The molecule has 0 aliphatic rings. The predicted octanol–water partition coefficient (Wildman–Crippen LogP) is 2.95. The lowest BCUT2D eigenvalue weighted by Gasteiger charge is -2.13. The first-order chi connectivity index (χ1) is 9.85. The van der Waals surface area contributed by atoms with E-state index in [1.165, 1.54) is 25.2 Å². The van der Waals surface area contributed by atoms with Crippen molar-refractivity contribution in [3.05, 3.63) is 53.8 Å². The van der Waals surface area contributed by atoms with Crippen molar-refractivity contribution in [2.24, 2.45) is 0 Å². The molecule has 0 aliphatic carbocycles. The van der Waals surface area contributed by atoms with Crippen LogP contribution < -0.4 is 10.0 Å². The summed E-state index contributed by atoms with van der Waals surface area (Å²) < 4.78 is 66.0. The summed E-state index contributed by atoms with van der Waals surface area (Å²) in [5.41, 5.74) is -0.671. The van der Waals surface area contributed by atoms with Gasteiger partial charge in [-0.1, -0.05) is 12.1 Å². The second-order valence-corrected chi connectivity index (χ2v) is 5.75. The Morgan fingerprint density at radius 3 is 2.14 bits per heavy atom. The van der Waals surface area contributed by atoms with Gasteiger partial charge in [0.15, 0.2) is 11.6 Å². The van der Waals surface area contributed by atoms with Crippen molar-refractivity contribution in [2.45, 2.75) is 4.90 Å². The van der Waals surface area contributed by atoms with Crippen LogP contribution in [0.3, 0.4) is 0 Å². The normalized spacial score (nSPS) is 11.2. The zero-order valence-electron chi connectivity index (χ0n) is 10.8. The average Bonchev–Trinajstić information content (AvgIpc) is 2.43. The average molecular weight is 316 g/mol. The predicted molar refractivity (Wildman–Crippen MR) is 73.1 cm³/mol. The van der Waals surface area contributed by atoms with Crippen LogP contribution in [0.25, 0.3) is 0 Å². The summed E-state index contributed by atoms with van der Waals surface area (Å²) in [5.74, 6) is -3.81. The number of para-hydroxylation sites is 1. The molecule has 0 aliphatic heterocycles. The number of halogens is 3. The number of hydrogen-bond acceptors (Lipinski definition) is 3. The van der Waals surface area contributed by atoms with Gasteiger partial charge in [-0.2, -0.15) is 0 Å². The molecule has 8 heteroatoms. The fourth-order valence-electron chi connectivity index (χ4n) is 1.74. The van der Waals surface area contributed by atoms with Crippen LogP contribution in [0.4, 0.5) is 24.5 Å². The van der Waals surface area contributed by atoms with Gasteiger partial charge in [0.25, 0.3) is 10.0 Å². The molecule has 0 aromatic heterocycles. The van der Waals surface area contributed by atoms with Gasteiger partial charge in [-0.05, 0) is 12.1 Å². The smallest absolute Gasteiger partial charge is 0.264 e. The molecule has 0 heterocycles. The molecule has 0 radical (unpaired) electrons.